The maximum absolute atomic E-state index is 13.6. The number of ether oxygens (including phenoxy) is 4. The summed E-state index contributed by atoms with van der Waals surface area (Å²) < 4.78 is 99.8. The highest BCUT2D eigenvalue weighted by Gasteiger charge is 2.35. The van der Waals surface area contributed by atoms with Crippen LogP contribution in [0, 0.1) is 0 Å². The highest BCUT2D eigenvalue weighted by molar-refractivity contribution is 5.69. The van der Waals surface area contributed by atoms with E-state index in [9.17, 15) is 31.1 Å². The van der Waals surface area contributed by atoms with Crippen LogP contribution < -0.4 is 9.47 Å². The van der Waals surface area contributed by atoms with Gasteiger partial charge in [-0.2, -0.15) is 26.3 Å². The third-order valence-electron chi connectivity index (χ3n) is 5.12. The number of esters is 1. The summed E-state index contributed by atoms with van der Waals surface area (Å²) in [5.74, 6) is -0.871. The zero-order chi connectivity index (χ0) is 27.7. The van der Waals surface area contributed by atoms with E-state index in [4.69, 9.17) is 14.2 Å². The number of pyridine rings is 2. The van der Waals surface area contributed by atoms with E-state index in [-0.39, 0.29) is 50.0 Å². The van der Waals surface area contributed by atoms with Gasteiger partial charge in [0, 0.05) is 36.5 Å². The van der Waals surface area contributed by atoms with Crippen molar-refractivity contribution in [2.75, 3.05) is 20.3 Å². The lowest BCUT2D eigenvalue weighted by Gasteiger charge is -2.26. The molecular weight excluding hydrogens is 510 g/mol. The van der Waals surface area contributed by atoms with Gasteiger partial charge in [-0.25, -0.2) is 9.97 Å². The minimum absolute atomic E-state index is 0.0135. The molecule has 0 saturated heterocycles. The van der Waals surface area contributed by atoms with E-state index in [1.807, 2.05) is 0 Å². The quantitative estimate of drug-likeness (QED) is 0.176. The smallest absolute Gasteiger partial charge is 0.417 e. The van der Waals surface area contributed by atoms with Crippen LogP contribution in [0.2, 0.25) is 0 Å². The van der Waals surface area contributed by atoms with Crippen LogP contribution in [-0.2, 0) is 33.2 Å². The molecule has 0 bridgehead atoms. The van der Waals surface area contributed by atoms with Gasteiger partial charge >= 0.3 is 18.3 Å². The molecule has 0 N–H and O–H groups in total. The Labute approximate surface area is 210 Å². The van der Waals surface area contributed by atoms with Crippen molar-refractivity contribution in [2.24, 2.45) is 0 Å². The summed E-state index contributed by atoms with van der Waals surface area (Å²) in [6, 6.07) is 2.40. The SMILES string of the molecule is COC(=O)CCCOc1cc(C(F)(F)F)c(COC(C)(C)CCCOc2cc(C(F)(F)F)ccn2)cn1. The molecule has 7 nitrogen and oxygen atoms in total. The number of alkyl halides is 6. The second-order valence-electron chi connectivity index (χ2n) is 8.59. The Morgan fingerprint density at radius 2 is 1.57 bits per heavy atom. The molecule has 2 heterocycles. The predicted molar refractivity (Wildman–Crippen MR) is 119 cm³/mol. The maximum atomic E-state index is 13.6. The Balaban J connectivity index is 1.89. The first-order valence-electron chi connectivity index (χ1n) is 11.3. The fourth-order valence-electron chi connectivity index (χ4n) is 3.10. The van der Waals surface area contributed by atoms with Gasteiger partial charge in [-0.1, -0.05) is 0 Å². The van der Waals surface area contributed by atoms with Crippen LogP contribution in [-0.4, -0.2) is 41.9 Å². The van der Waals surface area contributed by atoms with Gasteiger partial charge in [0.1, 0.15) is 0 Å². The van der Waals surface area contributed by atoms with Crippen molar-refractivity contribution in [3.63, 3.8) is 0 Å². The molecule has 0 amide bonds. The predicted octanol–water partition coefficient (Wildman–Crippen LogP) is 6.00. The molecule has 0 fully saturated rings. The van der Waals surface area contributed by atoms with E-state index in [2.05, 4.69) is 14.7 Å². The number of hydrogen-bond donors (Lipinski definition) is 0. The Bertz CT molecular complexity index is 1030. The highest BCUT2D eigenvalue weighted by Crippen LogP contribution is 2.35. The first-order chi connectivity index (χ1) is 17.2. The van der Waals surface area contributed by atoms with Crippen LogP contribution in [0.3, 0.4) is 0 Å². The van der Waals surface area contributed by atoms with Crippen LogP contribution >= 0.6 is 0 Å². The number of nitrogens with zero attached hydrogens (tertiary/aromatic N) is 2. The van der Waals surface area contributed by atoms with Crippen molar-refractivity contribution in [3.8, 4) is 11.8 Å². The molecule has 0 atom stereocenters. The van der Waals surface area contributed by atoms with E-state index in [1.165, 1.54) is 7.11 Å². The zero-order valence-electron chi connectivity index (χ0n) is 20.5. The fourth-order valence-corrected chi connectivity index (χ4v) is 3.10. The van der Waals surface area contributed by atoms with Crippen LogP contribution in [0.15, 0.2) is 30.6 Å². The number of carbonyl (C=O) groups excluding carboxylic acids is 1. The molecule has 0 aliphatic rings. The average Bonchev–Trinajstić information content (AvgIpc) is 2.82. The lowest BCUT2D eigenvalue weighted by molar-refractivity contribution is -0.141. The molecule has 206 valence electrons. The Morgan fingerprint density at radius 1 is 0.919 bits per heavy atom. The second-order valence-corrected chi connectivity index (χ2v) is 8.59. The molecule has 2 aromatic heterocycles. The lowest BCUT2D eigenvalue weighted by atomic mass is 10.0. The minimum atomic E-state index is -4.68. The summed E-state index contributed by atoms with van der Waals surface area (Å²) in [5, 5.41) is 0. The molecule has 13 heteroatoms. The van der Waals surface area contributed by atoms with E-state index in [0.717, 1.165) is 30.6 Å². The van der Waals surface area contributed by atoms with Gasteiger partial charge in [0.05, 0.1) is 43.7 Å². The molecule has 0 unspecified atom stereocenters. The Morgan fingerprint density at radius 3 is 2.19 bits per heavy atom. The van der Waals surface area contributed by atoms with Crippen molar-refractivity contribution >= 4 is 5.97 Å². The number of methoxy groups -OCH3 is 1. The van der Waals surface area contributed by atoms with Crippen LogP contribution in [0.4, 0.5) is 26.3 Å². The van der Waals surface area contributed by atoms with Gasteiger partial charge in [-0.3, -0.25) is 4.79 Å². The van der Waals surface area contributed by atoms with Crippen molar-refractivity contribution in [1.29, 1.82) is 0 Å². The van der Waals surface area contributed by atoms with Crippen molar-refractivity contribution < 1.29 is 50.1 Å². The van der Waals surface area contributed by atoms with E-state index < -0.39 is 35.0 Å². The maximum Gasteiger partial charge on any atom is 0.417 e. The number of aromatic nitrogens is 2. The number of hydrogen-bond acceptors (Lipinski definition) is 7. The molecule has 2 aromatic rings. The minimum Gasteiger partial charge on any atom is -0.478 e. The molecule has 0 aliphatic heterocycles. The van der Waals surface area contributed by atoms with Gasteiger partial charge in [0.15, 0.2) is 0 Å². The zero-order valence-corrected chi connectivity index (χ0v) is 20.5. The number of halogens is 6. The summed E-state index contributed by atoms with van der Waals surface area (Å²) in [5.41, 5.74) is -2.89. The third kappa shape index (κ3) is 10.4. The second kappa shape index (κ2) is 12.9. The number of carbonyl (C=O) groups is 1. The van der Waals surface area contributed by atoms with Crippen LogP contribution in [0.25, 0.3) is 0 Å². The largest absolute Gasteiger partial charge is 0.478 e. The molecule has 0 aromatic carbocycles. The van der Waals surface area contributed by atoms with Crippen LogP contribution in [0.1, 0.15) is 56.2 Å². The Hall–Kier alpha value is -3.09. The first-order valence-corrected chi connectivity index (χ1v) is 11.3. The summed E-state index contributed by atoms with van der Waals surface area (Å²) >= 11 is 0. The monoisotopic (exact) mass is 538 g/mol. The van der Waals surface area contributed by atoms with E-state index in [0.29, 0.717) is 12.8 Å². The van der Waals surface area contributed by atoms with Crippen molar-refractivity contribution in [3.05, 3.63) is 47.3 Å². The van der Waals surface area contributed by atoms with Crippen molar-refractivity contribution in [1.82, 2.24) is 9.97 Å². The molecule has 2 rings (SSSR count). The van der Waals surface area contributed by atoms with Gasteiger partial charge in [0.25, 0.3) is 0 Å². The average molecular weight is 538 g/mol. The first kappa shape index (κ1) is 30.1. The van der Waals surface area contributed by atoms with E-state index in [1.54, 1.807) is 13.8 Å². The highest BCUT2D eigenvalue weighted by atomic mass is 19.4. The molecule has 0 radical (unpaired) electrons. The fraction of sp³-hybridized carbons (Fsp3) is 0.542. The van der Waals surface area contributed by atoms with Crippen molar-refractivity contribution in [2.45, 2.75) is 64.1 Å². The van der Waals surface area contributed by atoms with Gasteiger partial charge in [-0.15, -0.1) is 0 Å². The summed E-state index contributed by atoms with van der Waals surface area (Å²) in [7, 11) is 1.23. The molecule has 0 saturated carbocycles. The van der Waals surface area contributed by atoms with Crippen LogP contribution in [0.5, 0.6) is 11.8 Å². The van der Waals surface area contributed by atoms with Gasteiger partial charge < -0.3 is 18.9 Å². The lowest BCUT2D eigenvalue weighted by Crippen LogP contribution is -2.26. The molecule has 37 heavy (non-hydrogen) atoms. The Kier molecular flexibility index (Phi) is 10.5. The summed E-state index contributed by atoms with van der Waals surface area (Å²) in [4.78, 5) is 18.7. The molecule has 0 spiro atoms. The van der Waals surface area contributed by atoms with Gasteiger partial charge in [0.2, 0.25) is 11.8 Å². The topological polar surface area (TPSA) is 79.8 Å². The summed E-state index contributed by atoms with van der Waals surface area (Å²) in [6.45, 7) is 3.00. The number of rotatable bonds is 13. The normalized spacial score (nSPS) is 12.4. The van der Waals surface area contributed by atoms with E-state index >= 15 is 0 Å². The summed E-state index contributed by atoms with van der Waals surface area (Å²) in [6.07, 6.45) is -6.16. The standard InChI is InChI=1S/C24H28F6N2O5/c1-22(2,8-5-11-36-19-12-17(7-9-31-19)23(25,26)27)37-15-16-14-32-20(13-18(16)24(28,29)30)35-10-4-6-21(33)34-3/h7,9,12-14H,4-6,8,10-11,15H2,1-3H3. The molecular formula is C24H28F6N2O5. The molecule has 0 aliphatic carbocycles. The third-order valence-corrected chi connectivity index (χ3v) is 5.12. The van der Waals surface area contributed by atoms with Gasteiger partial charge in [-0.05, 0) is 39.2 Å².